The van der Waals surface area contributed by atoms with Gasteiger partial charge >= 0.3 is 6.61 Å². The third-order valence-corrected chi connectivity index (χ3v) is 2.74. The Morgan fingerprint density at radius 1 is 1.18 bits per heavy atom. The summed E-state index contributed by atoms with van der Waals surface area (Å²) in [4.78, 5) is 1.90. The lowest BCUT2D eigenvalue weighted by Crippen LogP contribution is -2.34. The molecule has 5 heteroatoms. The number of rotatable bonds is 3. The maximum Gasteiger partial charge on any atom is 0.387 e. The van der Waals surface area contributed by atoms with Crippen molar-refractivity contribution in [1.29, 1.82) is 5.41 Å². The van der Waals surface area contributed by atoms with Crippen molar-refractivity contribution >= 4 is 11.5 Å². The largest absolute Gasteiger partial charge is 0.435 e. The molecule has 1 heterocycles. The number of benzene rings is 1. The predicted molar refractivity (Wildman–Crippen MR) is 62.0 cm³/mol. The van der Waals surface area contributed by atoms with Crippen LogP contribution in [0.5, 0.6) is 5.75 Å². The molecular formula is C12H14F2N2O. The molecule has 92 valence electrons. The van der Waals surface area contributed by atoms with Gasteiger partial charge < -0.3 is 9.64 Å². The first-order valence-corrected chi connectivity index (χ1v) is 5.56. The molecular weight excluding hydrogens is 226 g/mol. The number of halogens is 2. The minimum Gasteiger partial charge on any atom is -0.435 e. The van der Waals surface area contributed by atoms with Gasteiger partial charge in [0.15, 0.2) is 0 Å². The zero-order valence-electron chi connectivity index (χ0n) is 9.33. The number of ether oxygens (including phenoxy) is 1. The SMILES string of the molecule is N=C1CCCCN1c1ccc(OC(F)F)cc1. The number of piperidine rings is 1. The zero-order valence-corrected chi connectivity index (χ0v) is 9.33. The van der Waals surface area contributed by atoms with Crippen LogP contribution in [0.15, 0.2) is 24.3 Å². The molecule has 0 radical (unpaired) electrons. The minimum atomic E-state index is -2.80. The molecule has 0 amide bonds. The van der Waals surface area contributed by atoms with Crippen LogP contribution in [0.25, 0.3) is 0 Å². The first-order valence-electron chi connectivity index (χ1n) is 5.56. The Labute approximate surface area is 98.5 Å². The number of hydrogen-bond donors (Lipinski definition) is 1. The lowest BCUT2D eigenvalue weighted by atomic mass is 10.1. The van der Waals surface area contributed by atoms with E-state index >= 15 is 0 Å². The molecule has 1 aromatic carbocycles. The van der Waals surface area contributed by atoms with E-state index < -0.39 is 6.61 Å². The molecule has 1 fully saturated rings. The third kappa shape index (κ3) is 2.93. The Balaban J connectivity index is 2.08. The molecule has 1 aromatic rings. The summed E-state index contributed by atoms with van der Waals surface area (Å²) in [7, 11) is 0. The lowest BCUT2D eigenvalue weighted by Gasteiger charge is -2.29. The lowest BCUT2D eigenvalue weighted by molar-refractivity contribution is -0.0498. The molecule has 17 heavy (non-hydrogen) atoms. The van der Waals surface area contributed by atoms with Gasteiger partial charge in [0, 0.05) is 18.7 Å². The summed E-state index contributed by atoms with van der Waals surface area (Å²) >= 11 is 0. The van der Waals surface area contributed by atoms with Gasteiger partial charge in [-0.05, 0) is 37.1 Å². The molecule has 0 spiro atoms. The summed E-state index contributed by atoms with van der Waals surface area (Å²) in [6, 6.07) is 6.42. The summed E-state index contributed by atoms with van der Waals surface area (Å²) in [6.07, 6.45) is 2.87. The Morgan fingerprint density at radius 3 is 2.47 bits per heavy atom. The van der Waals surface area contributed by atoms with Crippen molar-refractivity contribution < 1.29 is 13.5 Å². The topological polar surface area (TPSA) is 36.3 Å². The van der Waals surface area contributed by atoms with Crippen LogP contribution in [0.2, 0.25) is 0 Å². The number of nitrogens with zero attached hydrogens (tertiary/aromatic N) is 1. The minimum absolute atomic E-state index is 0.146. The summed E-state index contributed by atoms with van der Waals surface area (Å²) in [5.41, 5.74) is 0.858. The van der Waals surface area contributed by atoms with Crippen molar-refractivity contribution in [2.24, 2.45) is 0 Å². The van der Waals surface area contributed by atoms with Gasteiger partial charge in [-0.25, -0.2) is 0 Å². The van der Waals surface area contributed by atoms with Crippen molar-refractivity contribution in [3.63, 3.8) is 0 Å². The molecule has 0 bridgehead atoms. The predicted octanol–water partition coefficient (Wildman–Crippen LogP) is 3.26. The van der Waals surface area contributed by atoms with Crippen molar-refractivity contribution in [3.8, 4) is 5.75 Å². The summed E-state index contributed by atoms with van der Waals surface area (Å²) in [6.45, 7) is -1.98. The normalized spacial score (nSPS) is 16.4. The highest BCUT2D eigenvalue weighted by atomic mass is 19.3. The molecule has 0 unspecified atom stereocenters. The van der Waals surface area contributed by atoms with E-state index in [0.29, 0.717) is 5.84 Å². The summed E-state index contributed by atoms with van der Waals surface area (Å²) < 4.78 is 28.2. The first kappa shape index (κ1) is 11.8. The zero-order chi connectivity index (χ0) is 12.3. The van der Waals surface area contributed by atoms with Gasteiger partial charge in [0.2, 0.25) is 0 Å². The number of amidine groups is 1. The van der Waals surface area contributed by atoms with Crippen molar-refractivity contribution in [1.82, 2.24) is 0 Å². The van der Waals surface area contributed by atoms with Crippen LogP contribution in [0, 0.1) is 5.41 Å². The molecule has 2 rings (SSSR count). The average molecular weight is 240 g/mol. The second-order valence-corrected chi connectivity index (χ2v) is 3.93. The van der Waals surface area contributed by atoms with Gasteiger partial charge in [0.1, 0.15) is 11.6 Å². The number of anilines is 1. The Morgan fingerprint density at radius 2 is 1.88 bits per heavy atom. The van der Waals surface area contributed by atoms with Crippen LogP contribution < -0.4 is 9.64 Å². The molecule has 1 N–H and O–H groups in total. The van der Waals surface area contributed by atoms with E-state index in [0.717, 1.165) is 31.5 Å². The molecule has 3 nitrogen and oxygen atoms in total. The van der Waals surface area contributed by atoms with Crippen molar-refractivity contribution in [2.45, 2.75) is 25.9 Å². The van der Waals surface area contributed by atoms with Crippen LogP contribution >= 0.6 is 0 Å². The molecule has 0 saturated carbocycles. The fourth-order valence-corrected chi connectivity index (χ4v) is 1.92. The van der Waals surface area contributed by atoms with Crippen LogP contribution in [0.4, 0.5) is 14.5 Å². The highest BCUT2D eigenvalue weighted by molar-refractivity contribution is 5.96. The van der Waals surface area contributed by atoms with Crippen molar-refractivity contribution in [2.75, 3.05) is 11.4 Å². The third-order valence-electron chi connectivity index (χ3n) is 2.74. The van der Waals surface area contributed by atoms with Gasteiger partial charge in [-0.2, -0.15) is 8.78 Å². The number of alkyl halides is 2. The second-order valence-electron chi connectivity index (χ2n) is 3.93. The smallest absolute Gasteiger partial charge is 0.387 e. The summed E-state index contributed by atoms with van der Waals surface area (Å²) in [5, 5.41) is 7.82. The average Bonchev–Trinajstić information content (AvgIpc) is 2.30. The van der Waals surface area contributed by atoms with Gasteiger partial charge in [0.25, 0.3) is 0 Å². The van der Waals surface area contributed by atoms with Gasteiger partial charge in [-0.15, -0.1) is 0 Å². The van der Waals surface area contributed by atoms with E-state index in [1.807, 2.05) is 4.90 Å². The van der Waals surface area contributed by atoms with E-state index in [1.165, 1.54) is 12.1 Å². The fraction of sp³-hybridized carbons (Fsp3) is 0.417. The van der Waals surface area contributed by atoms with E-state index in [1.54, 1.807) is 12.1 Å². The van der Waals surface area contributed by atoms with E-state index in [9.17, 15) is 8.78 Å². The molecule has 1 aliphatic rings. The highest BCUT2D eigenvalue weighted by Crippen LogP contribution is 2.24. The highest BCUT2D eigenvalue weighted by Gasteiger charge is 2.16. The molecule has 1 saturated heterocycles. The molecule has 1 aliphatic heterocycles. The van der Waals surface area contributed by atoms with Crippen molar-refractivity contribution in [3.05, 3.63) is 24.3 Å². The Hall–Kier alpha value is -1.65. The van der Waals surface area contributed by atoms with Crippen LogP contribution in [0.1, 0.15) is 19.3 Å². The van der Waals surface area contributed by atoms with Crippen LogP contribution in [0.3, 0.4) is 0 Å². The molecule has 0 atom stereocenters. The Kier molecular flexibility index (Phi) is 3.56. The standard InChI is InChI=1S/C12H14F2N2O/c13-12(14)17-10-6-4-9(5-7-10)16-8-2-1-3-11(16)15/h4-7,12,15H,1-3,8H2. The monoisotopic (exact) mass is 240 g/mol. The fourth-order valence-electron chi connectivity index (χ4n) is 1.92. The first-order chi connectivity index (χ1) is 8.16. The van der Waals surface area contributed by atoms with Gasteiger partial charge in [0.05, 0.1) is 0 Å². The van der Waals surface area contributed by atoms with Gasteiger partial charge in [-0.1, -0.05) is 0 Å². The second kappa shape index (κ2) is 5.12. The van der Waals surface area contributed by atoms with E-state index in [4.69, 9.17) is 5.41 Å². The maximum atomic E-state index is 12.0. The van der Waals surface area contributed by atoms with Gasteiger partial charge in [-0.3, -0.25) is 5.41 Å². The molecule has 0 aromatic heterocycles. The number of hydrogen-bond acceptors (Lipinski definition) is 2. The molecule has 0 aliphatic carbocycles. The van der Waals surface area contributed by atoms with Crippen LogP contribution in [-0.4, -0.2) is 19.0 Å². The summed E-state index contributed by atoms with van der Waals surface area (Å²) in [5.74, 6) is 0.728. The van der Waals surface area contributed by atoms with E-state index in [2.05, 4.69) is 4.74 Å². The van der Waals surface area contributed by atoms with Crippen LogP contribution in [-0.2, 0) is 0 Å². The maximum absolute atomic E-state index is 12.0. The number of nitrogens with one attached hydrogen (secondary N) is 1. The van der Waals surface area contributed by atoms with E-state index in [-0.39, 0.29) is 5.75 Å². The Bertz CT molecular complexity index is 392. The quantitative estimate of drug-likeness (QED) is 0.880.